The zero-order chi connectivity index (χ0) is 18.1. The van der Waals surface area contributed by atoms with Crippen molar-refractivity contribution in [3.63, 3.8) is 0 Å². The fourth-order valence-electron chi connectivity index (χ4n) is 2.76. The van der Waals surface area contributed by atoms with Crippen LogP contribution in [-0.2, 0) is 16.0 Å². The van der Waals surface area contributed by atoms with Crippen molar-refractivity contribution in [3.8, 4) is 16.9 Å². The van der Waals surface area contributed by atoms with Crippen LogP contribution in [0.1, 0.15) is 12.5 Å². The first kappa shape index (κ1) is 17.7. The van der Waals surface area contributed by atoms with Crippen LogP contribution in [0.25, 0.3) is 11.1 Å². The van der Waals surface area contributed by atoms with Crippen molar-refractivity contribution in [1.29, 1.82) is 0 Å². The minimum absolute atomic E-state index is 0.00637. The summed E-state index contributed by atoms with van der Waals surface area (Å²) in [5.41, 5.74) is 1.25. The number of ketones is 1. The van der Waals surface area contributed by atoms with Gasteiger partial charge < -0.3 is 10.1 Å². The molecule has 130 valence electrons. The zero-order valence-electron chi connectivity index (χ0n) is 13.2. The van der Waals surface area contributed by atoms with Crippen molar-refractivity contribution >= 4 is 34.9 Å². The number of carbonyl (C=O) groups is 2. The van der Waals surface area contributed by atoms with Crippen LogP contribution in [0.3, 0.4) is 0 Å². The van der Waals surface area contributed by atoms with Crippen LogP contribution in [-0.4, -0.2) is 24.3 Å². The summed E-state index contributed by atoms with van der Waals surface area (Å²) >= 11 is 12.5. The largest absolute Gasteiger partial charge is 0.480 e. The van der Waals surface area contributed by atoms with E-state index < -0.39 is 11.9 Å². The Kier molecular flexibility index (Phi) is 4.97. The smallest absolute Gasteiger partial charge is 0.217 e. The number of benzene rings is 2. The number of Topliss-reactive ketones (excluding diaryl/α,β-unsaturated/α-hetero) is 1. The molecule has 0 fully saturated rings. The van der Waals surface area contributed by atoms with E-state index in [1.807, 2.05) is 0 Å². The van der Waals surface area contributed by atoms with E-state index in [4.69, 9.17) is 27.9 Å². The fourth-order valence-corrected chi connectivity index (χ4v) is 3.36. The number of ether oxygens (including phenoxy) is 1. The third-order valence-corrected chi connectivity index (χ3v) is 4.51. The molecule has 0 spiro atoms. The van der Waals surface area contributed by atoms with Crippen molar-refractivity contribution in [1.82, 2.24) is 5.32 Å². The lowest BCUT2D eigenvalue weighted by Gasteiger charge is -2.27. The molecule has 7 heteroatoms. The average molecular weight is 382 g/mol. The van der Waals surface area contributed by atoms with Crippen molar-refractivity contribution in [2.75, 3.05) is 6.54 Å². The van der Waals surface area contributed by atoms with Gasteiger partial charge in [0.15, 0.2) is 11.9 Å². The van der Waals surface area contributed by atoms with Crippen molar-refractivity contribution in [2.45, 2.75) is 19.4 Å². The molecule has 0 saturated carbocycles. The monoisotopic (exact) mass is 381 g/mol. The topological polar surface area (TPSA) is 55.4 Å². The highest BCUT2D eigenvalue weighted by Gasteiger charge is 2.31. The SMILES string of the molecule is CC(=O)NC[C@@H]1Oc2c(cc(F)cc2-c2c(Cl)cccc2Cl)CC1=O. The number of nitrogens with one attached hydrogen (secondary N) is 1. The van der Waals surface area contributed by atoms with E-state index in [-0.39, 0.29) is 24.7 Å². The van der Waals surface area contributed by atoms with Gasteiger partial charge in [0, 0.05) is 30.0 Å². The molecule has 0 aromatic heterocycles. The molecule has 1 N–H and O–H groups in total. The molecular weight excluding hydrogens is 368 g/mol. The van der Waals surface area contributed by atoms with Gasteiger partial charge in [0.2, 0.25) is 5.91 Å². The number of hydrogen-bond acceptors (Lipinski definition) is 3. The van der Waals surface area contributed by atoms with E-state index in [2.05, 4.69) is 5.32 Å². The predicted octanol–water partition coefficient (Wildman–Crippen LogP) is 3.81. The molecule has 1 aliphatic heterocycles. The summed E-state index contributed by atoms with van der Waals surface area (Å²) in [5, 5.41) is 3.25. The Morgan fingerprint density at radius 3 is 2.64 bits per heavy atom. The third kappa shape index (κ3) is 3.62. The molecule has 2 aromatic carbocycles. The highest BCUT2D eigenvalue weighted by molar-refractivity contribution is 6.39. The number of hydrogen-bond donors (Lipinski definition) is 1. The van der Waals surface area contributed by atoms with E-state index >= 15 is 0 Å². The fraction of sp³-hybridized carbons (Fsp3) is 0.222. The zero-order valence-corrected chi connectivity index (χ0v) is 14.7. The second-order valence-electron chi connectivity index (χ2n) is 5.72. The van der Waals surface area contributed by atoms with Gasteiger partial charge >= 0.3 is 0 Å². The predicted molar refractivity (Wildman–Crippen MR) is 93.7 cm³/mol. The molecule has 1 aliphatic rings. The van der Waals surface area contributed by atoms with Gasteiger partial charge in [-0.3, -0.25) is 9.59 Å². The van der Waals surface area contributed by atoms with Gasteiger partial charge in [0.25, 0.3) is 0 Å². The molecule has 2 aromatic rings. The molecule has 0 unspecified atom stereocenters. The summed E-state index contributed by atoms with van der Waals surface area (Å²) in [7, 11) is 0. The lowest BCUT2D eigenvalue weighted by molar-refractivity contribution is -0.126. The van der Waals surface area contributed by atoms with Crippen LogP contribution in [0.4, 0.5) is 4.39 Å². The number of carbonyl (C=O) groups excluding carboxylic acids is 2. The van der Waals surface area contributed by atoms with E-state index in [0.717, 1.165) is 0 Å². The van der Waals surface area contributed by atoms with Gasteiger partial charge in [-0.1, -0.05) is 29.3 Å². The number of rotatable bonds is 3. The maximum atomic E-state index is 14.1. The Bertz CT molecular complexity index is 849. The van der Waals surface area contributed by atoms with Crippen LogP contribution in [0.15, 0.2) is 30.3 Å². The molecule has 0 radical (unpaired) electrons. The molecule has 1 amide bonds. The Labute approximate surface area is 153 Å². The van der Waals surface area contributed by atoms with Gasteiger partial charge in [0.1, 0.15) is 11.6 Å². The van der Waals surface area contributed by atoms with E-state index in [0.29, 0.717) is 32.5 Å². The Hall–Kier alpha value is -2.11. The normalized spacial score (nSPS) is 16.2. The summed E-state index contributed by atoms with van der Waals surface area (Å²) in [6.45, 7) is 1.40. The first-order chi connectivity index (χ1) is 11.9. The summed E-state index contributed by atoms with van der Waals surface area (Å²) in [5.74, 6) is -0.661. The van der Waals surface area contributed by atoms with Crippen molar-refractivity contribution in [3.05, 3.63) is 51.8 Å². The highest BCUT2D eigenvalue weighted by atomic mass is 35.5. The summed E-state index contributed by atoms with van der Waals surface area (Å²) < 4.78 is 19.9. The molecule has 1 atom stereocenters. The molecule has 0 aliphatic carbocycles. The lowest BCUT2D eigenvalue weighted by atomic mass is 9.94. The van der Waals surface area contributed by atoms with E-state index in [1.54, 1.807) is 18.2 Å². The molecule has 1 heterocycles. The molecule has 25 heavy (non-hydrogen) atoms. The summed E-state index contributed by atoms with van der Waals surface area (Å²) in [4.78, 5) is 23.3. The van der Waals surface area contributed by atoms with Gasteiger partial charge in [-0.25, -0.2) is 4.39 Å². The molecular formula is C18H14Cl2FNO3. The van der Waals surface area contributed by atoms with Gasteiger partial charge in [0.05, 0.1) is 16.6 Å². The second kappa shape index (κ2) is 7.02. The standard InChI is InChI=1S/C18H14Cl2FNO3/c1-9(23)22-8-16-15(24)6-10-5-11(21)7-12(18(10)25-16)17-13(19)3-2-4-14(17)20/h2-5,7,16H,6,8H2,1H3,(H,22,23)/t16-/m0/s1. The maximum Gasteiger partial charge on any atom is 0.217 e. The molecule has 0 saturated heterocycles. The van der Waals surface area contributed by atoms with Crippen LogP contribution in [0, 0.1) is 5.82 Å². The van der Waals surface area contributed by atoms with Crippen LogP contribution in [0.5, 0.6) is 5.75 Å². The number of halogens is 3. The highest BCUT2D eigenvalue weighted by Crippen LogP contribution is 2.43. The Morgan fingerprint density at radius 2 is 2.00 bits per heavy atom. The molecule has 3 rings (SSSR count). The maximum absolute atomic E-state index is 14.1. The van der Waals surface area contributed by atoms with Gasteiger partial charge in [-0.2, -0.15) is 0 Å². The van der Waals surface area contributed by atoms with Crippen LogP contribution in [0.2, 0.25) is 10.0 Å². The minimum atomic E-state index is -0.845. The van der Waals surface area contributed by atoms with Crippen molar-refractivity contribution < 1.29 is 18.7 Å². The summed E-state index contributed by atoms with van der Waals surface area (Å²) in [6.07, 6.45) is -0.839. The molecule has 4 nitrogen and oxygen atoms in total. The second-order valence-corrected chi connectivity index (χ2v) is 6.54. The average Bonchev–Trinajstić information content (AvgIpc) is 2.52. The van der Waals surface area contributed by atoms with Crippen LogP contribution < -0.4 is 10.1 Å². The first-order valence-electron chi connectivity index (χ1n) is 7.57. The Morgan fingerprint density at radius 1 is 1.32 bits per heavy atom. The number of amides is 1. The van der Waals surface area contributed by atoms with Gasteiger partial charge in [-0.15, -0.1) is 0 Å². The Balaban J connectivity index is 2.08. The van der Waals surface area contributed by atoms with Crippen molar-refractivity contribution in [2.24, 2.45) is 0 Å². The van der Waals surface area contributed by atoms with Gasteiger partial charge in [-0.05, 0) is 24.3 Å². The lowest BCUT2D eigenvalue weighted by Crippen LogP contribution is -2.42. The summed E-state index contributed by atoms with van der Waals surface area (Å²) in [6, 6.07) is 7.50. The molecule has 0 bridgehead atoms. The number of fused-ring (bicyclic) bond motifs is 1. The first-order valence-corrected chi connectivity index (χ1v) is 8.33. The quantitative estimate of drug-likeness (QED) is 0.879. The van der Waals surface area contributed by atoms with E-state index in [9.17, 15) is 14.0 Å². The van der Waals surface area contributed by atoms with Crippen LogP contribution >= 0.6 is 23.2 Å². The van der Waals surface area contributed by atoms with E-state index in [1.165, 1.54) is 19.1 Å². The third-order valence-electron chi connectivity index (χ3n) is 3.88. The minimum Gasteiger partial charge on any atom is -0.480 e.